The van der Waals surface area contributed by atoms with Crippen molar-refractivity contribution in [2.45, 2.75) is 13.8 Å². The smallest absolute Gasteiger partial charge is 0.255 e. The standard InChI is InChI=1S/C18H16BrN3O/c1-12-11-13(2)22(21-12)15-9-7-14(8-10-15)18(23)20-17-6-4-3-5-16(17)19/h3-11H,1-2H3,(H,20,23). The van der Waals surface area contributed by atoms with Crippen LogP contribution in [0.25, 0.3) is 5.69 Å². The summed E-state index contributed by atoms with van der Waals surface area (Å²) < 4.78 is 2.72. The summed E-state index contributed by atoms with van der Waals surface area (Å²) >= 11 is 3.42. The first kappa shape index (κ1) is 15.5. The van der Waals surface area contributed by atoms with Crippen LogP contribution in [-0.4, -0.2) is 15.7 Å². The number of halogens is 1. The Morgan fingerprint density at radius 1 is 1.09 bits per heavy atom. The second kappa shape index (κ2) is 6.38. The van der Waals surface area contributed by atoms with Gasteiger partial charge in [-0.3, -0.25) is 4.79 Å². The van der Waals surface area contributed by atoms with Gasteiger partial charge in [0, 0.05) is 15.7 Å². The lowest BCUT2D eigenvalue weighted by molar-refractivity contribution is 0.102. The molecule has 116 valence electrons. The quantitative estimate of drug-likeness (QED) is 0.738. The van der Waals surface area contributed by atoms with Gasteiger partial charge in [-0.2, -0.15) is 5.10 Å². The molecule has 2 aromatic carbocycles. The number of aryl methyl sites for hydroxylation is 2. The van der Waals surface area contributed by atoms with Crippen LogP contribution >= 0.6 is 15.9 Å². The summed E-state index contributed by atoms with van der Waals surface area (Å²) in [5.74, 6) is -0.142. The third-order valence-corrected chi connectivity index (χ3v) is 4.20. The highest BCUT2D eigenvalue weighted by Crippen LogP contribution is 2.22. The lowest BCUT2D eigenvalue weighted by Crippen LogP contribution is -2.12. The molecule has 0 radical (unpaired) electrons. The Labute approximate surface area is 143 Å². The fraction of sp³-hybridized carbons (Fsp3) is 0.111. The lowest BCUT2D eigenvalue weighted by atomic mass is 10.2. The van der Waals surface area contributed by atoms with Crippen molar-refractivity contribution in [3.63, 3.8) is 0 Å². The van der Waals surface area contributed by atoms with E-state index in [9.17, 15) is 4.79 Å². The summed E-state index contributed by atoms with van der Waals surface area (Å²) in [5.41, 5.74) is 4.32. The molecular formula is C18H16BrN3O. The number of aromatic nitrogens is 2. The van der Waals surface area contributed by atoms with Gasteiger partial charge in [-0.25, -0.2) is 4.68 Å². The Bertz CT molecular complexity index is 853. The number of rotatable bonds is 3. The summed E-state index contributed by atoms with van der Waals surface area (Å²) in [6.45, 7) is 3.97. The van der Waals surface area contributed by atoms with Gasteiger partial charge in [0.15, 0.2) is 0 Å². The average Bonchev–Trinajstić information content (AvgIpc) is 2.88. The number of nitrogens with zero attached hydrogens (tertiary/aromatic N) is 2. The van der Waals surface area contributed by atoms with E-state index in [1.54, 1.807) is 12.1 Å². The van der Waals surface area contributed by atoms with Gasteiger partial charge in [0.25, 0.3) is 5.91 Å². The SMILES string of the molecule is Cc1cc(C)n(-c2ccc(C(=O)Nc3ccccc3Br)cc2)n1. The van der Waals surface area contributed by atoms with Gasteiger partial charge in [0.05, 0.1) is 17.1 Å². The highest BCUT2D eigenvalue weighted by atomic mass is 79.9. The van der Waals surface area contributed by atoms with Gasteiger partial charge < -0.3 is 5.32 Å². The highest BCUT2D eigenvalue weighted by molar-refractivity contribution is 9.10. The van der Waals surface area contributed by atoms with E-state index in [1.165, 1.54) is 0 Å². The molecule has 5 heteroatoms. The van der Waals surface area contributed by atoms with Crippen LogP contribution in [0, 0.1) is 13.8 Å². The first-order chi connectivity index (χ1) is 11.0. The Kier molecular flexibility index (Phi) is 4.30. The third kappa shape index (κ3) is 3.35. The van der Waals surface area contributed by atoms with E-state index >= 15 is 0 Å². The predicted molar refractivity (Wildman–Crippen MR) is 95.1 cm³/mol. The van der Waals surface area contributed by atoms with E-state index in [0.29, 0.717) is 5.56 Å². The number of carbonyl (C=O) groups excluding carboxylic acids is 1. The number of carbonyl (C=O) groups is 1. The van der Waals surface area contributed by atoms with Crippen LogP contribution in [0.3, 0.4) is 0 Å². The fourth-order valence-corrected chi connectivity index (χ4v) is 2.79. The maximum atomic E-state index is 12.3. The van der Waals surface area contributed by atoms with Crippen molar-refractivity contribution >= 4 is 27.5 Å². The molecule has 23 heavy (non-hydrogen) atoms. The minimum absolute atomic E-state index is 0.142. The van der Waals surface area contributed by atoms with Crippen molar-refractivity contribution in [1.29, 1.82) is 0 Å². The van der Waals surface area contributed by atoms with Gasteiger partial charge in [-0.15, -0.1) is 0 Å². The number of anilines is 1. The molecule has 1 N–H and O–H groups in total. The minimum atomic E-state index is -0.142. The van der Waals surface area contributed by atoms with E-state index in [-0.39, 0.29) is 5.91 Å². The molecule has 0 saturated heterocycles. The van der Waals surface area contributed by atoms with Gasteiger partial charge in [0.2, 0.25) is 0 Å². The zero-order chi connectivity index (χ0) is 16.4. The molecule has 0 spiro atoms. The summed E-state index contributed by atoms with van der Waals surface area (Å²) in [6.07, 6.45) is 0. The van der Waals surface area contributed by atoms with Gasteiger partial charge >= 0.3 is 0 Å². The van der Waals surface area contributed by atoms with Crippen molar-refractivity contribution < 1.29 is 4.79 Å². The van der Waals surface area contributed by atoms with Crippen LogP contribution in [0.15, 0.2) is 59.1 Å². The van der Waals surface area contributed by atoms with Crippen molar-refractivity contribution in [1.82, 2.24) is 9.78 Å². The highest BCUT2D eigenvalue weighted by Gasteiger charge is 2.09. The van der Waals surface area contributed by atoms with Crippen LogP contribution in [0.1, 0.15) is 21.7 Å². The zero-order valence-corrected chi connectivity index (χ0v) is 14.5. The van der Waals surface area contributed by atoms with Crippen LogP contribution in [0.5, 0.6) is 0 Å². The molecule has 1 heterocycles. The molecule has 0 atom stereocenters. The second-order valence-electron chi connectivity index (χ2n) is 5.32. The van der Waals surface area contributed by atoms with Crippen LogP contribution in [0.2, 0.25) is 0 Å². The fourth-order valence-electron chi connectivity index (χ4n) is 2.40. The number of hydrogen-bond donors (Lipinski definition) is 1. The Balaban J connectivity index is 1.81. The predicted octanol–water partition coefficient (Wildman–Crippen LogP) is 4.50. The third-order valence-electron chi connectivity index (χ3n) is 3.51. The molecule has 0 aliphatic heterocycles. The van der Waals surface area contributed by atoms with Crippen LogP contribution in [0.4, 0.5) is 5.69 Å². The molecule has 1 amide bonds. The maximum absolute atomic E-state index is 12.3. The molecule has 1 aromatic heterocycles. The van der Waals surface area contributed by atoms with E-state index in [1.807, 2.05) is 61.0 Å². The Morgan fingerprint density at radius 2 is 1.78 bits per heavy atom. The van der Waals surface area contributed by atoms with Crippen molar-refractivity contribution in [2.75, 3.05) is 5.32 Å². The van der Waals surface area contributed by atoms with E-state index in [4.69, 9.17) is 0 Å². The van der Waals surface area contributed by atoms with Gasteiger partial charge in [0.1, 0.15) is 0 Å². The normalized spacial score (nSPS) is 10.6. The van der Waals surface area contributed by atoms with Crippen LogP contribution < -0.4 is 5.32 Å². The van der Waals surface area contributed by atoms with Crippen molar-refractivity contribution in [2.24, 2.45) is 0 Å². The molecule has 3 rings (SSSR count). The molecule has 3 aromatic rings. The number of benzene rings is 2. The molecule has 0 aliphatic carbocycles. The summed E-state index contributed by atoms with van der Waals surface area (Å²) in [6, 6.07) is 17.0. The van der Waals surface area contributed by atoms with E-state index < -0.39 is 0 Å². The van der Waals surface area contributed by atoms with Crippen LogP contribution in [-0.2, 0) is 0 Å². The first-order valence-corrected chi connectivity index (χ1v) is 8.03. The number of amides is 1. The molecule has 0 fully saturated rings. The topological polar surface area (TPSA) is 46.9 Å². The molecule has 0 aliphatic rings. The second-order valence-corrected chi connectivity index (χ2v) is 6.17. The van der Waals surface area contributed by atoms with Crippen molar-refractivity contribution in [3.8, 4) is 5.69 Å². The number of para-hydroxylation sites is 1. The monoisotopic (exact) mass is 369 g/mol. The largest absolute Gasteiger partial charge is 0.321 e. The minimum Gasteiger partial charge on any atom is -0.321 e. The molecular weight excluding hydrogens is 354 g/mol. The molecule has 0 saturated carbocycles. The van der Waals surface area contributed by atoms with E-state index in [2.05, 4.69) is 26.3 Å². The summed E-state index contributed by atoms with van der Waals surface area (Å²) in [4.78, 5) is 12.3. The Hall–Kier alpha value is -2.40. The molecule has 0 bridgehead atoms. The molecule has 0 unspecified atom stereocenters. The average molecular weight is 370 g/mol. The van der Waals surface area contributed by atoms with Gasteiger partial charge in [-0.05, 0) is 72.2 Å². The first-order valence-electron chi connectivity index (χ1n) is 7.24. The lowest BCUT2D eigenvalue weighted by Gasteiger charge is -2.08. The summed E-state index contributed by atoms with van der Waals surface area (Å²) in [5, 5.41) is 7.34. The maximum Gasteiger partial charge on any atom is 0.255 e. The number of nitrogens with one attached hydrogen (secondary N) is 1. The van der Waals surface area contributed by atoms with Crippen molar-refractivity contribution in [3.05, 3.63) is 76.0 Å². The Morgan fingerprint density at radius 3 is 2.39 bits per heavy atom. The zero-order valence-electron chi connectivity index (χ0n) is 12.9. The van der Waals surface area contributed by atoms with E-state index in [0.717, 1.165) is 27.2 Å². The summed E-state index contributed by atoms with van der Waals surface area (Å²) in [7, 11) is 0. The molecule has 4 nitrogen and oxygen atoms in total. The number of hydrogen-bond acceptors (Lipinski definition) is 2. The van der Waals surface area contributed by atoms with Gasteiger partial charge in [-0.1, -0.05) is 12.1 Å².